The fraction of sp³-hybridized carbons (Fsp3) is 0.471. The molecular weight excluding hydrogens is 274 g/mol. The number of rotatable bonds is 4. The van der Waals surface area contributed by atoms with Crippen LogP contribution in [0.1, 0.15) is 18.5 Å². The second-order valence-electron chi connectivity index (χ2n) is 6.08. The number of likely N-dealkylation sites (tertiary alicyclic amines) is 1. The molecule has 22 heavy (non-hydrogen) atoms. The molecule has 0 bridgehead atoms. The van der Waals surface area contributed by atoms with Crippen molar-refractivity contribution in [2.75, 3.05) is 32.0 Å². The quantitative estimate of drug-likeness (QED) is 0.940. The predicted molar refractivity (Wildman–Crippen MR) is 88.7 cm³/mol. The number of nitrogens with one attached hydrogen (secondary N) is 1. The highest BCUT2D eigenvalue weighted by Gasteiger charge is 2.16. The van der Waals surface area contributed by atoms with E-state index in [1.165, 1.54) is 25.9 Å². The van der Waals surface area contributed by atoms with Crippen LogP contribution in [-0.2, 0) is 0 Å². The summed E-state index contributed by atoms with van der Waals surface area (Å²) in [6.07, 6.45) is 6.05. The molecule has 0 saturated carbocycles. The van der Waals surface area contributed by atoms with E-state index in [4.69, 9.17) is 0 Å². The monoisotopic (exact) mass is 297 g/mol. The number of aromatic nitrogens is 3. The van der Waals surface area contributed by atoms with Crippen LogP contribution in [0.5, 0.6) is 0 Å². The highest BCUT2D eigenvalue weighted by molar-refractivity contribution is 5.56. The van der Waals surface area contributed by atoms with Gasteiger partial charge < -0.3 is 10.2 Å². The lowest BCUT2D eigenvalue weighted by Gasteiger charge is -2.29. The summed E-state index contributed by atoms with van der Waals surface area (Å²) in [7, 11) is 2.19. The van der Waals surface area contributed by atoms with Crippen LogP contribution in [0.2, 0.25) is 0 Å². The predicted octanol–water partition coefficient (Wildman–Crippen LogP) is 2.60. The van der Waals surface area contributed by atoms with Crippen molar-refractivity contribution in [3.8, 4) is 11.4 Å². The highest BCUT2D eigenvalue weighted by Crippen LogP contribution is 2.19. The first-order valence-electron chi connectivity index (χ1n) is 7.89. The van der Waals surface area contributed by atoms with Crippen LogP contribution in [0, 0.1) is 12.8 Å². The van der Waals surface area contributed by atoms with E-state index in [0.717, 1.165) is 35.4 Å². The second-order valence-corrected chi connectivity index (χ2v) is 6.08. The third kappa shape index (κ3) is 3.80. The SMILES string of the molecule is Cc1cc(NCC2CCN(C)CC2)nc(-c2ccncc2)n1. The van der Waals surface area contributed by atoms with E-state index >= 15 is 0 Å². The standard InChI is InChI=1S/C17H23N5/c1-13-11-16(19-12-14-5-9-22(2)10-6-14)21-17(20-13)15-3-7-18-8-4-15/h3-4,7-8,11,14H,5-6,9-10,12H2,1-2H3,(H,19,20,21). The van der Waals surface area contributed by atoms with Crippen molar-refractivity contribution < 1.29 is 0 Å². The third-order valence-electron chi connectivity index (χ3n) is 4.20. The molecule has 2 aromatic rings. The molecule has 1 saturated heterocycles. The Hall–Kier alpha value is -2.01. The zero-order chi connectivity index (χ0) is 15.4. The maximum absolute atomic E-state index is 4.64. The van der Waals surface area contributed by atoms with E-state index in [2.05, 4.69) is 32.2 Å². The summed E-state index contributed by atoms with van der Waals surface area (Å²) in [6.45, 7) is 5.38. The van der Waals surface area contributed by atoms with E-state index in [0.29, 0.717) is 0 Å². The van der Waals surface area contributed by atoms with Gasteiger partial charge in [0.25, 0.3) is 0 Å². The van der Waals surface area contributed by atoms with E-state index in [1.54, 1.807) is 12.4 Å². The zero-order valence-corrected chi connectivity index (χ0v) is 13.3. The van der Waals surface area contributed by atoms with Crippen molar-refractivity contribution in [2.45, 2.75) is 19.8 Å². The Labute approximate surface area is 131 Å². The van der Waals surface area contributed by atoms with Crippen LogP contribution in [0.4, 0.5) is 5.82 Å². The van der Waals surface area contributed by atoms with Gasteiger partial charge in [-0.15, -0.1) is 0 Å². The molecule has 5 nitrogen and oxygen atoms in total. The number of anilines is 1. The van der Waals surface area contributed by atoms with Crippen LogP contribution >= 0.6 is 0 Å². The van der Waals surface area contributed by atoms with Crippen molar-refractivity contribution in [3.05, 3.63) is 36.3 Å². The summed E-state index contributed by atoms with van der Waals surface area (Å²) < 4.78 is 0. The Morgan fingerprint density at radius 1 is 1.18 bits per heavy atom. The topological polar surface area (TPSA) is 53.9 Å². The average molecular weight is 297 g/mol. The minimum atomic E-state index is 0.732. The molecule has 0 aromatic carbocycles. The maximum atomic E-state index is 4.64. The molecule has 3 rings (SSSR count). The number of pyridine rings is 1. The number of aryl methyl sites for hydroxylation is 1. The van der Waals surface area contributed by atoms with Crippen LogP contribution in [-0.4, -0.2) is 46.5 Å². The van der Waals surface area contributed by atoms with Gasteiger partial charge in [-0.1, -0.05) is 0 Å². The molecule has 1 aliphatic heterocycles. The van der Waals surface area contributed by atoms with Gasteiger partial charge >= 0.3 is 0 Å². The van der Waals surface area contributed by atoms with E-state index in [-0.39, 0.29) is 0 Å². The molecule has 1 N–H and O–H groups in total. The van der Waals surface area contributed by atoms with E-state index in [1.807, 2.05) is 25.1 Å². The molecule has 0 atom stereocenters. The molecule has 2 aromatic heterocycles. The molecular formula is C17H23N5. The first-order chi connectivity index (χ1) is 10.7. The Balaban J connectivity index is 1.68. The van der Waals surface area contributed by atoms with E-state index in [9.17, 15) is 0 Å². The summed E-state index contributed by atoms with van der Waals surface area (Å²) >= 11 is 0. The summed E-state index contributed by atoms with van der Waals surface area (Å²) in [5.41, 5.74) is 1.98. The minimum absolute atomic E-state index is 0.732. The smallest absolute Gasteiger partial charge is 0.161 e. The Morgan fingerprint density at radius 3 is 2.64 bits per heavy atom. The van der Waals surface area contributed by atoms with Crippen LogP contribution in [0.25, 0.3) is 11.4 Å². The van der Waals surface area contributed by atoms with Gasteiger partial charge in [0.2, 0.25) is 0 Å². The van der Waals surface area contributed by atoms with Crippen molar-refractivity contribution >= 4 is 5.82 Å². The largest absolute Gasteiger partial charge is 0.370 e. The fourth-order valence-corrected chi connectivity index (χ4v) is 2.80. The lowest BCUT2D eigenvalue weighted by molar-refractivity contribution is 0.226. The fourth-order valence-electron chi connectivity index (χ4n) is 2.80. The molecule has 116 valence electrons. The molecule has 0 aliphatic carbocycles. The van der Waals surface area contributed by atoms with Crippen molar-refractivity contribution in [1.29, 1.82) is 0 Å². The van der Waals surface area contributed by atoms with Gasteiger partial charge in [0, 0.05) is 36.3 Å². The molecule has 0 spiro atoms. The van der Waals surface area contributed by atoms with Gasteiger partial charge in [-0.2, -0.15) is 0 Å². The van der Waals surface area contributed by atoms with Gasteiger partial charge in [-0.3, -0.25) is 4.98 Å². The first-order valence-corrected chi connectivity index (χ1v) is 7.89. The molecule has 1 fully saturated rings. The summed E-state index contributed by atoms with van der Waals surface area (Å²) in [5.74, 6) is 2.40. The average Bonchev–Trinajstić information content (AvgIpc) is 2.55. The second kappa shape index (κ2) is 6.83. The molecule has 0 amide bonds. The molecule has 0 unspecified atom stereocenters. The Bertz CT molecular complexity index is 606. The zero-order valence-electron chi connectivity index (χ0n) is 13.3. The Kier molecular flexibility index (Phi) is 4.63. The number of hydrogen-bond acceptors (Lipinski definition) is 5. The third-order valence-corrected chi connectivity index (χ3v) is 4.20. The lowest BCUT2D eigenvalue weighted by Crippen LogP contribution is -2.33. The number of nitrogens with zero attached hydrogens (tertiary/aromatic N) is 4. The molecule has 0 radical (unpaired) electrons. The normalized spacial score (nSPS) is 16.6. The summed E-state index contributed by atoms with van der Waals surface area (Å²) in [6, 6.07) is 5.89. The molecule has 1 aliphatic rings. The number of piperidine rings is 1. The van der Waals surface area contributed by atoms with Crippen LogP contribution < -0.4 is 5.32 Å². The van der Waals surface area contributed by atoms with Crippen molar-refractivity contribution in [2.24, 2.45) is 5.92 Å². The van der Waals surface area contributed by atoms with Gasteiger partial charge in [0.15, 0.2) is 5.82 Å². The van der Waals surface area contributed by atoms with Crippen molar-refractivity contribution in [1.82, 2.24) is 19.9 Å². The maximum Gasteiger partial charge on any atom is 0.161 e. The minimum Gasteiger partial charge on any atom is -0.370 e. The lowest BCUT2D eigenvalue weighted by atomic mass is 9.97. The summed E-state index contributed by atoms with van der Waals surface area (Å²) in [5, 5.41) is 3.49. The van der Waals surface area contributed by atoms with Gasteiger partial charge in [0.05, 0.1) is 0 Å². The summed E-state index contributed by atoms with van der Waals surface area (Å²) in [4.78, 5) is 15.6. The van der Waals surface area contributed by atoms with Crippen LogP contribution in [0.3, 0.4) is 0 Å². The van der Waals surface area contributed by atoms with E-state index < -0.39 is 0 Å². The molecule has 3 heterocycles. The Morgan fingerprint density at radius 2 is 1.91 bits per heavy atom. The highest BCUT2D eigenvalue weighted by atomic mass is 15.1. The van der Waals surface area contributed by atoms with Gasteiger partial charge in [0.1, 0.15) is 5.82 Å². The van der Waals surface area contributed by atoms with Crippen LogP contribution in [0.15, 0.2) is 30.6 Å². The number of hydrogen-bond donors (Lipinski definition) is 1. The van der Waals surface area contributed by atoms with Crippen molar-refractivity contribution in [3.63, 3.8) is 0 Å². The van der Waals surface area contributed by atoms with Gasteiger partial charge in [-0.05, 0) is 58.0 Å². The molecule has 5 heteroatoms. The van der Waals surface area contributed by atoms with Gasteiger partial charge in [-0.25, -0.2) is 9.97 Å². The first kappa shape index (κ1) is 14.9.